The van der Waals surface area contributed by atoms with E-state index in [4.69, 9.17) is 14.3 Å². The van der Waals surface area contributed by atoms with Gasteiger partial charge in [0.05, 0.1) is 36.7 Å². The van der Waals surface area contributed by atoms with Crippen LogP contribution in [0.2, 0.25) is 0 Å². The molecule has 1 aromatic rings. The normalized spacial score (nSPS) is 12.7. The van der Waals surface area contributed by atoms with Gasteiger partial charge in [-0.3, -0.25) is 9.78 Å². The number of aromatic nitrogens is 4. The largest absolute Gasteiger partial charge is 0.349 e. The molecule has 2 aliphatic rings. The van der Waals surface area contributed by atoms with Gasteiger partial charge in [-0.25, -0.2) is 14.4 Å². The molecule has 0 saturated heterocycles. The van der Waals surface area contributed by atoms with E-state index >= 15 is 0 Å². The van der Waals surface area contributed by atoms with Crippen LogP contribution in [-0.4, -0.2) is 49.5 Å². The monoisotopic (exact) mass is 542 g/mol. The number of hydrogen-bond donors (Lipinski definition) is 1. The molecule has 0 aliphatic carbocycles. The van der Waals surface area contributed by atoms with E-state index in [1.807, 2.05) is 30.5 Å². The highest BCUT2D eigenvalue weighted by Gasteiger charge is 2.27. The minimum absolute atomic E-state index is 0.179. The second-order valence-corrected chi connectivity index (χ2v) is 11.5. The van der Waals surface area contributed by atoms with Gasteiger partial charge >= 0.3 is 5.69 Å². The van der Waals surface area contributed by atoms with E-state index in [1.165, 1.54) is 0 Å². The summed E-state index contributed by atoms with van der Waals surface area (Å²) in [4.78, 5) is 35.3. The molecule has 0 aromatic heterocycles. The smallest absolute Gasteiger partial charge is 0.322 e. The molecule has 1 unspecified atom stereocenters. The first kappa shape index (κ1) is 29.9. The lowest BCUT2D eigenvalue weighted by Gasteiger charge is -2.35. The number of hydrogen-bond acceptors (Lipinski definition) is 8. The number of nitrogens with one attached hydrogen (secondary N) is 1. The van der Waals surface area contributed by atoms with Crippen molar-refractivity contribution in [3.8, 4) is 17.6 Å². The van der Waals surface area contributed by atoms with E-state index in [-0.39, 0.29) is 17.8 Å². The third-order valence-corrected chi connectivity index (χ3v) is 8.47. The van der Waals surface area contributed by atoms with Crippen LogP contribution in [0, 0.1) is 25.2 Å². The van der Waals surface area contributed by atoms with Gasteiger partial charge in [-0.2, -0.15) is 10.2 Å². The van der Waals surface area contributed by atoms with Gasteiger partial charge in [-0.1, -0.05) is 12.8 Å². The predicted octanol–water partition coefficient (Wildman–Crippen LogP) is 5.05. The van der Waals surface area contributed by atoms with Crippen molar-refractivity contribution >= 4 is 19.6 Å². The fourth-order valence-corrected chi connectivity index (χ4v) is 6.09. The average Bonchev–Trinajstić information content (AvgIpc) is 2.84. The fraction of sp³-hybridized carbons (Fsp3) is 0.593. The van der Waals surface area contributed by atoms with E-state index in [0.717, 1.165) is 42.3 Å². The van der Waals surface area contributed by atoms with Crippen molar-refractivity contribution in [2.75, 3.05) is 13.2 Å². The number of nitriles is 1. The van der Waals surface area contributed by atoms with Crippen LogP contribution in [-0.2, 0) is 15.6 Å². The second-order valence-electron chi connectivity index (χ2n) is 10.0. The molecule has 206 valence electrons. The number of H-pyrrole nitrogens is 1. The highest BCUT2D eigenvalue weighted by Crippen LogP contribution is 2.46. The second kappa shape index (κ2) is 13.9. The van der Waals surface area contributed by atoms with Crippen LogP contribution in [0.1, 0.15) is 70.9 Å². The van der Waals surface area contributed by atoms with E-state index < -0.39 is 19.8 Å². The number of benzene rings is 1. The molecule has 1 N–H and O–H groups in total. The van der Waals surface area contributed by atoms with Gasteiger partial charge < -0.3 is 13.6 Å². The number of nitrogens with zero attached hydrogens (tertiary/aromatic N) is 5. The van der Waals surface area contributed by atoms with Gasteiger partial charge in [0, 0.05) is 18.6 Å². The number of aromatic amines is 1. The van der Waals surface area contributed by atoms with E-state index in [9.17, 15) is 9.59 Å². The Labute approximate surface area is 225 Å². The summed E-state index contributed by atoms with van der Waals surface area (Å²) >= 11 is 0. The maximum Gasteiger partial charge on any atom is 0.349 e. The Balaban J connectivity index is 1.63. The molecular weight excluding hydrogens is 503 g/mol. The van der Waals surface area contributed by atoms with Crippen LogP contribution >= 0.6 is 8.53 Å². The van der Waals surface area contributed by atoms with Crippen molar-refractivity contribution in [3.63, 3.8) is 0 Å². The molecule has 0 bridgehead atoms. The quantitative estimate of drug-likeness (QED) is 0.170. The van der Waals surface area contributed by atoms with Crippen molar-refractivity contribution in [3.05, 3.63) is 44.1 Å². The average molecular weight is 543 g/mol. The summed E-state index contributed by atoms with van der Waals surface area (Å²) in [6, 6.07) is 6.68. The van der Waals surface area contributed by atoms with Gasteiger partial charge in [-0.05, 0) is 77.6 Å². The molecule has 0 amide bonds. The van der Waals surface area contributed by atoms with Crippen LogP contribution in [0.5, 0.6) is 0 Å². The van der Waals surface area contributed by atoms with Crippen molar-refractivity contribution in [1.82, 2.24) is 24.2 Å². The summed E-state index contributed by atoms with van der Waals surface area (Å²) < 4.78 is 16.3. The minimum atomic E-state index is -1.23. The Bertz CT molecular complexity index is 1340. The summed E-state index contributed by atoms with van der Waals surface area (Å²) in [6.07, 6.45) is 3.99. The molecule has 2 aliphatic heterocycles. The molecule has 1 atom stereocenters. The van der Waals surface area contributed by atoms with Gasteiger partial charge in [0.2, 0.25) is 0 Å². The van der Waals surface area contributed by atoms with Crippen LogP contribution in [0.15, 0.2) is 21.7 Å². The molecule has 38 heavy (non-hydrogen) atoms. The summed E-state index contributed by atoms with van der Waals surface area (Å²) in [5.74, 6) is 0.320. The summed E-state index contributed by atoms with van der Waals surface area (Å²) in [7, 11) is -1.23. The van der Waals surface area contributed by atoms with E-state index in [0.29, 0.717) is 37.5 Å². The van der Waals surface area contributed by atoms with Gasteiger partial charge in [-0.15, -0.1) is 0 Å². The van der Waals surface area contributed by atoms with Gasteiger partial charge in [0.25, 0.3) is 14.1 Å². The number of fused-ring (bicyclic) bond motifs is 2. The SMILES string of the molecule is Cc1cc2nc3c(=O)[nH]c(=O)nc-3n(CCCCCCOP(OCCC#N)N(C(C)C)C(C)C)c2cc1C. The standard InChI is InChI=1S/C27H39N6O4P/c1-18(2)33(19(3)4)38(37-15-11-12-28)36-14-10-8-7-9-13-32-23-17-21(6)20(5)16-22(23)29-24-25(32)30-27(35)31-26(24)34/h16-19H,7-11,13-15H2,1-6H3,(H,31,34,35). The van der Waals surface area contributed by atoms with E-state index in [1.54, 1.807) is 0 Å². The summed E-state index contributed by atoms with van der Waals surface area (Å²) in [5, 5.41) is 8.87. The van der Waals surface area contributed by atoms with Crippen molar-refractivity contribution in [2.45, 2.75) is 92.3 Å². The molecule has 10 nitrogen and oxygen atoms in total. The van der Waals surface area contributed by atoms with Crippen LogP contribution in [0.4, 0.5) is 0 Å². The first-order valence-corrected chi connectivity index (χ1v) is 14.4. The molecule has 11 heteroatoms. The number of aryl methyl sites for hydroxylation is 3. The maximum absolute atomic E-state index is 12.5. The van der Waals surface area contributed by atoms with Crippen LogP contribution < -0.4 is 11.2 Å². The Hall–Kier alpha value is -2.70. The molecule has 1 aromatic carbocycles. The fourth-order valence-electron chi connectivity index (χ4n) is 4.46. The maximum atomic E-state index is 12.5. The van der Waals surface area contributed by atoms with Crippen LogP contribution in [0.25, 0.3) is 22.6 Å². The first-order valence-electron chi connectivity index (χ1n) is 13.3. The van der Waals surface area contributed by atoms with E-state index in [2.05, 4.69) is 53.4 Å². The third kappa shape index (κ3) is 7.45. The third-order valence-electron chi connectivity index (χ3n) is 6.36. The van der Waals surface area contributed by atoms with Gasteiger partial charge in [0.15, 0.2) is 11.5 Å². The number of unbranched alkanes of at least 4 members (excludes halogenated alkanes) is 3. The molecule has 0 saturated carbocycles. The molecule has 0 spiro atoms. The summed E-state index contributed by atoms with van der Waals surface area (Å²) in [5.41, 5.74) is 2.78. The molecule has 3 rings (SSSR count). The molecule has 2 heterocycles. The van der Waals surface area contributed by atoms with Gasteiger partial charge in [0.1, 0.15) is 0 Å². The van der Waals surface area contributed by atoms with Crippen LogP contribution in [0.3, 0.4) is 0 Å². The molecule has 0 radical (unpaired) electrons. The molecular formula is C27H39N6O4P. The van der Waals surface area contributed by atoms with Crippen molar-refractivity contribution in [1.29, 1.82) is 5.26 Å². The zero-order chi connectivity index (χ0) is 27.8. The lowest BCUT2D eigenvalue weighted by molar-refractivity contribution is 0.174. The number of rotatable bonds is 14. The first-order chi connectivity index (χ1) is 18.1. The highest BCUT2D eigenvalue weighted by atomic mass is 31.2. The minimum Gasteiger partial charge on any atom is -0.322 e. The molecule has 0 fully saturated rings. The lowest BCUT2D eigenvalue weighted by Crippen LogP contribution is -2.33. The Kier molecular flexibility index (Phi) is 10.9. The zero-order valence-corrected chi connectivity index (χ0v) is 24.2. The summed E-state index contributed by atoms with van der Waals surface area (Å²) in [6.45, 7) is 14.1. The topological polar surface area (TPSA) is 126 Å². The Morgan fingerprint density at radius 2 is 1.66 bits per heavy atom. The predicted molar refractivity (Wildman–Crippen MR) is 150 cm³/mol. The lowest BCUT2D eigenvalue weighted by atomic mass is 10.1. The highest BCUT2D eigenvalue weighted by molar-refractivity contribution is 7.44. The zero-order valence-electron chi connectivity index (χ0n) is 23.3. The Morgan fingerprint density at radius 1 is 1.00 bits per heavy atom. The Morgan fingerprint density at radius 3 is 2.34 bits per heavy atom. The van der Waals surface area contributed by atoms with Crippen molar-refractivity contribution in [2.24, 2.45) is 0 Å². The van der Waals surface area contributed by atoms with Crippen molar-refractivity contribution < 1.29 is 9.05 Å².